The largest absolute Gasteiger partial charge is 0.374 e. The Balaban J connectivity index is 1.59. The van der Waals surface area contributed by atoms with Crippen molar-refractivity contribution in [1.82, 2.24) is 14.8 Å². The summed E-state index contributed by atoms with van der Waals surface area (Å²) in [7, 11) is 2.09. The molecule has 2 amide bonds. The van der Waals surface area contributed by atoms with Crippen LogP contribution in [0.2, 0.25) is 0 Å². The van der Waals surface area contributed by atoms with Gasteiger partial charge in [0.25, 0.3) is 0 Å². The van der Waals surface area contributed by atoms with E-state index < -0.39 is 0 Å². The van der Waals surface area contributed by atoms with Gasteiger partial charge in [-0.3, -0.25) is 4.98 Å². The molecule has 0 aromatic carbocycles. The number of likely N-dealkylation sites (N-methyl/N-ethyl adjacent to an activating group) is 1. The Labute approximate surface area is 131 Å². The van der Waals surface area contributed by atoms with Crippen molar-refractivity contribution in [3.63, 3.8) is 0 Å². The Hall–Kier alpha value is -1.66. The fraction of sp³-hybridized carbons (Fsp3) is 0.625. The number of rotatable bonds is 5. The molecule has 1 saturated carbocycles. The van der Waals surface area contributed by atoms with Gasteiger partial charge in [0, 0.05) is 32.4 Å². The van der Waals surface area contributed by atoms with E-state index in [0.717, 1.165) is 31.9 Å². The summed E-state index contributed by atoms with van der Waals surface area (Å²) in [6.07, 6.45) is 5.91. The van der Waals surface area contributed by atoms with Gasteiger partial charge in [0.2, 0.25) is 0 Å². The van der Waals surface area contributed by atoms with Gasteiger partial charge in [-0.05, 0) is 37.9 Å². The number of morpholine rings is 1. The maximum Gasteiger partial charge on any atom is 0.321 e. The molecule has 0 bridgehead atoms. The third-order valence-corrected chi connectivity index (χ3v) is 4.14. The summed E-state index contributed by atoms with van der Waals surface area (Å²) < 4.78 is 5.81. The molecule has 2 aliphatic rings. The van der Waals surface area contributed by atoms with E-state index in [1.54, 1.807) is 12.4 Å². The molecule has 1 atom stereocenters. The lowest BCUT2D eigenvalue weighted by molar-refractivity contribution is -0.0302. The standard InChI is InChI=1S/C16H24N4O2/c1-19-7-8-22-15(11-19)12-20(10-13-4-5-13)16(21)18-14-3-2-6-17-9-14/h2-3,6,9,13,15H,4-5,7-8,10-12H2,1H3,(H,18,21)/t15-/m1/s1. The minimum Gasteiger partial charge on any atom is -0.374 e. The van der Waals surface area contributed by atoms with Crippen LogP contribution in [0.25, 0.3) is 0 Å². The summed E-state index contributed by atoms with van der Waals surface area (Å²) in [5.41, 5.74) is 0.731. The summed E-state index contributed by atoms with van der Waals surface area (Å²) in [6, 6.07) is 3.61. The number of hydrogen-bond donors (Lipinski definition) is 1. The van der Waals surface area contributed by atoms with Crippen LogP contribution >= 0.6 is 0 Å². The Morgan fingerprint density at radius 2 is 2.36 bits per heavy atom. The fourth-order valence-electron chi connectivity index (χ4n) is 2.71. The predicted octanol–water partition coefficient (Wildman–Crippen LogP) is 1.66. The highest BCUT2D eigenvalue weighted by atomic mass is 16.5. The van der Waals surface area contributed by atoms with Crippen LogP contribution in [0.5, 0.6) is 0 Å². The van der Waals surface area contributed by atoms with Gasteiger partial charge in [-0.25, -0.2) is 4.79 Å². The first-order valence-corrected chi connectivity index (χ1v) is 7.97. The van der Waals surface area contributed by atoms with Crippen LogP contribution in [0, 0.1) is 5.92 Å². The molecule has 0 unspecified atom stereocenters. The van der Waals surface area contributed by atoms with E-state index in [0.29, 0.717) is 12.5 Å². The number of urea groups is 1. The van der Waals surface area contributed by atoms with Crippen LogP contribution in [0.15, 0.2) is 24.5 Å². The lowest BCUT2D eigenvalue weighted by Gasteiger charge is -2.34. The lowest BCUT2D eigenvalue weighted by Crippen LogP contribution is -2.49. The highest BCUT2D eigenvalue weighted by Crippen LogP contribution is 2.30. The molecular formula is C16H24N4O2. The second kappa shape index (κ2) is 7.07. The average molecular weight is 304 g/mol. The zero-order chi connectivity index (χ0) is 15.4. The maximum atomic E-state index is 12.5. The van der Waals surface area contributed by atoms with Gasteiger partial charge in [-0.1, -0.05) is 0 Å². The van der Waals surface area contributed by atoms with Crippen LogP contribution in [-0.4, -0.2) is 66.8 Å². The monoisotopic (exact) mass is 304 g/mol. The van der Waals surface area contributed by atoms with E-state index in [-0.39, 0.29) is 12.1 Å². The van der Waals surface area contributed by atoms with Crippen LogP contribution in [0.1, 0.15) is 12.8 Å². The third kappa shape index (κ3) is 4.42. The number of nitrogens with zero attached hydrogens (tertiary/aromatic N) is 3. The number of carbonyl (C=O) groups excluding carboxylic acids is 1. The molecule has 1 saturated heterocycles. The first kappa shape index (κ1) is 15.2. The summed E-state index contributed by atoms with van der Waals surface area (Å²) in [6.45, 7) is 4.04. The van der Waals surface area contributed by atoms with Crippen molar-refractivity contribution in [1.29, 1.82) is 0 Å². The van der Waals surface area contributed by atoms with Gasteiger partial charge < -0.3 is 19.9 Å². The van der Waals surface area contributed by atoms with Crippen LogP contribution in [-0.2, 0) is 4.74 Å². The molecule has 120 valence electrons. The number of pyridine rings is 1. The number of anilines is 1. The molecule has 6 heteroatoms. The normalized spacial score (nSPS) is 22.3. The molecule has 1 aliphatic carbocycles. The van der Waals surface area contributed by atoms with E-state index in [9.17, 15) is 4.79 Å². The van der Waals surface area contributed by atoms with Crippen LogP contribution < -0.4 is 5.32 Å². The van der Waals surface area contributed by atoms with Gasteiger partial charge in [-0.2, -0.15) is 0 Å². The topological polar surface area (TPSA) is 57.7 Å². The second-order valence-corrected chi connectivity index (χ2v) is 6.28. The first-order valence-electron chi connectivity index (χ1n) is 7.97. The molecule has 2 heterocycles. The average Bonchev–Trinajstić information content (AvgIpc) is 3.32. The van der Waals surface area contributed by atoms with Crippen molar-refractivity contribution in [3.8, 4) is 0 Å². The number of hydrogen-bond acceptors (Lipinski definition) is 4. The number of aromatic nitrogens is 1. The lowest BCUT2D eigenvalue weighted by atomic mass is 10.2. The molecular weight excluding hydrogens is 280 g/mol. The quantitative estimate of drug-likeness (QED) is 0.899. The first-order chi connectivity index (χ1) is 10.7. The molecule has 1 aliphatic heterocycles. The molecule has 1 aromatic heterocycles. The minimum atomic E-state index is -0.0586. The van der Waals surface area contributed by atoms with Crippen molar-refractivity contribution in [2.24, 2.45) is 5.92 Å². The zero-order valence-electron chi connectivity index (χ0n) is 13.1. The second-order valence-electron chi connectivity index (χ2n) is 6.28. The fourth-order valence-corrected chi connectivity index (χ4v) is 2.71. The highest BCUT2D eigenvalue weighted by molar-refractivity contribution is 5.89. The summed E-state index contributed by atoms with van der Waals surface area (Å²) in [4.78, 5) is 20.7. The van der Waals surface area contributed by atoms with Crippen LogP contribution in [0.4, 0.5) is 10.5 Å². The molecule has 22 heavy (non-hydrogen) atoms. The molecule has 2 fully saturated rings. The van der Waals surface area contributed by atoms with Crippen molar-refractivity contribution < 1.29 is 9.53 Å². The molecule has 1 aromatic rings. The van der Waals surface area contributed by atoms with Gasteiger partial charge in [-0.15, -0.1) is 0 Å². The maximum absolute atomic E-state index is 12.5. The zero-order valence-corrected chi connectivity index (χ0v) is 13.1. The molecule has 0 spiro atoms. The summed E-state index contributed by atoms with van der Waals surface area (Å²) >= 11 is 0. The number of nitrogens with one attached hydrogen (secondary N) is 1. The van der Waals surface area contributed by atoms with Crippen molar-refractivity contribution >= 4 is 11.7 Å². The van der Waals surface area contributed by atoms with E-state index in [1.165, 1.54) is 12.8 Å². The molecule has 0 radical (unpaired) electrons. The van der Waals surface area contributed by atoms with Gasteiger partial charge in [0.1, 0.15) is 0 Å². The Morgan fingerprint density at radius 3 is 3.05 bits per heavy atom. The molecule has 3 rings (SSSR count). The van der Waals surface area contributed by atoms with Crippen molar-refractivity contribution in [2.45, 2.75) is 18.9 Å². The van der Waals surface area contributed by atoms with E-state index in [1.807, 2.05) is 17.0 Å². The number of carbonyl (C=O) groups is 1. The van der Waals surface area contributed by atoms with Crippen molar-refractivity contribution in [3.05, 3.63) is 24.5 Å². The highest BCUT2D eigenvalue weighted by Gasteiger charge is 2.29. The Kier molecular flexibility index (Phi) is 4.90. The van der Waals surface area contributed by atoms with E-state index >= 15 is 0 Å². The smallest absolute Gasteiger partial charge is 0.321 e. The van der Waals surface area contributed by atoms with E-state index in [4.69, 9.17) is 4.74 Å². The van der Waals surface area contributed by atoms with Gasteiger partial charge in [0.15, 0.2) is 0 Å². The summed E-state index contributed by atoms with van der Waals surface area (Å²) in [5.74, 6) is 0.654. The number of ether oxygens (including phenoxy) is 1. The third-order valence-electron chi connectivity index (χ3n) is 4.14. The SMILES string of the molecule is CN1CCO[C@@H](CN(CC2CC2)C(=O)Nc2cccnc2)C1. The van der Waals surface area contributed by atoms with Crippen molar-refractivity contribution in [2.75, 3.05) is 45.2 Å². The van der Waals surface area contributed by atoms with Crippen LogP contribution in [0.3, 0.4) is 0 Å². The molecule has 6 nitrogen and oxygen atoms in total. The predicted molar refractivity (Wildman–Crippen MR) is 84.8 cm³/mol. The Morgan fingerprint density at radius 1 is 1.50 bits per heavy atom. The minimum absolute atomic E-state index is 0.0586. The van der Waals surface area contributed by atoms with Gasteiger partial charge >= 0.3 is 6.03 Å². The Bertz CT molecular complexity index is 492. The van der Waals surface area contributed by atoms with E-state index in [2.05, 4.69) is 22.2 Å². The molecule has 1 N–H and O–H groups in total. The summed E-state index contributed by atoms with van der Waals surface area (Å²) in [5, 5.41) is 2.93. The number of amides is 2. The van der Waals surface area contributed by atoms with Gasteiger partial charge in [0.05, 0.1) is 24.6 Å².